The highest BCUT2D eigenvalue weighted by atomic mass is 35.5. The van der Waals surface area contributed by atoms with Crippen LogP contribution in [-0.2, 0) is 9.59 Å². The number of hydrogen-bond donors (Lipinski definition) is 3. The molecule has 0 spiro atoms. The SMILES string of the molecule is O=C(COc1ccc(S(F)(F)(F)(F)F)cc1)NC12CCC(NC(=O)COc3ccc(Cl)c(F)c3)(CC1)[C@@H](O)C2. The van der Waals surface area contributed by atoms with Crippen molar-refractivity contribution in [3.05, 3.63) is 53.3 Å². The highest BCUT2D eigenvalue weighted by Crippen LogP contribution is 3.02. The van der Waals surface area contributed by atoms with Gasteiger partial charge in [0, 0.05) is 11.6 Å². The normalized spacial score (nSPS) is 26.2. The lowest BCUT2D eigenvalue weighted by Gasteiger charge is -2.56. The van der Waals surface area contributed by atoms with Gasteiger partial charge in [0.15, 0.2) is 13.2 Å². The van der Waals surface area contributed by atoms with Crippen molar-refractivity contribution in [3.8, 4) is 11.5 Å². The first-order chi connectivity index (χ1) is 17.9. The Morgan fingerprint density at radius 1 is 0.897 bits per heavy atom. The molecule has 3 saturated carbocycles. The zero-order valence-corrected chi connectivity index (χ0v) is 21.8. The van der Waals surface area contributed by atoms with Crippen LogP contribution in [0, 0.1) is 5.82 Å². The molecule has 3 N–H and O–H groups in total. The summed E-state index contributed by atoms with van der Waals surface area (Å²) >= 11 is 5.62. The summed E-state index contributed by atoms with van der Waals surface area (Å²) in [7, 11) is -9.81. The quantitative estimate of drug-likeness (QED) is 0.323. The molecule has 15 heteroatoms. The number of amides is 2. The second-order valence-corrected chi connectivity index (χ2v) is 12.7. The summed E-state index contributed by atoms with van der Waals surface area (Å²) in [6, 6.07) is 5.53. The van der Waals surface area contributed by atoms with Gasteiger partial charge in [0.2, 0.25) is 0 Å². The number of halogens is 7. The first kappa shape index (κ1) is 29.2. The Morgan fingerprint density at radius 2 is 1.44 bits per heavy atom. The number of benzene rings is 2. The van der Waals surface area contributed by atoms with E-state index in [4.69, 9.17) is 21.1 Å². The van der Waals surface area contributed by atoms with Crippen LogP contribution in [0.15, 0.2) is 47.4 Å². The van der Waals surface area contributed by atoms with Crippen LogP contribution in [0.4, 0.5) is 23.8 Å². The molecule has 0 saturated heterocycles. The predicted molar refractivity (Wildman–Crippen MR) is 131 cm³/mol. The number of nitrogens with one attached hydrogen (secondary N) is 2. The number of aliphatic hydroxyl groups is 1. The van der Waals surface area contributed by atoms with Gasteiger partial charge in [0.05, 0.1) is 16.7 Å². The molecule has 2 aromatic carbocycles. The molecule has 0 heterocycles. The Bertz CT molecular complexity index is 1270. The lowest BCUT2D eigenvalue weighted by Crippen LogP contribution is -2.70. The molecule has 1 atom stereocenters. The topological polar surface area (TPSA) is 96.9 Å². The lowest BCUT2D eigenvalue weighted by atomic mass is 9.60. The monoisotopic (exact) mass is 602 g/mol. The summed E-state index contributed by atoms with van der Waals surface area (Å²) in [5.74, 6) is -1.92. The molecule has 39 heavy (non-hydrogen) atoms. The molecule has 0 aliphatic heterocycles. The minimum Gasteiger partial charge on any atom is -0.484 e. The van der Waals surface area contributed by atoms with Crippen LogP contribution in [0.25, 0.3) is 0 Å². The van der Waals surface area contributed by atoms with E-state index in [1.807, 2.05) is 0 Å². The third kappa shape index (κ3) is 6.84. The van der Waals surface area contributed by atoms with Crippen molar-refractivity contribution >= 4 is 33.6 Å². The standard InChI is InChI=1S/C24H25ClF6N2O5S/c25-18-6-3-16(11-19(18)26)38-14-22(36)33-24-9-7-23(8-10-24,12-20(24)34)32-21(35)13-37-15-1-4-17(5-2-15)39(27,28,29,30)31/h1-6,11,20,34H,7-10,12-14H2,(H,32,35)(H,33,36)/t20-,23?,24?/m0/s1. The number of aliphatic hydroxyl groups excluding tert-OH is 1. The van der Waals surface area contributed by atoms with Crippen molar-refractivity contribution in [2.75, 3.05) is 13.2 Å². The maximum absolute atomic E-state index is 13.5. The highest BCUT2D eigenvalue weighted by Gasteiger charge is 2.65. The van der Waals surface area contributed by atoms with Crippen molar-refractivity contribution in [3.63, 3.8) is 0 Å². The van der Waals surface area contributed by atoms with E-state index in [-0.39, 0.29) is 35.1 Å². The van der Waals surface area contributed by atoms with Crippen molar-refractivity contribution < 1.29 is 48.0 Å². The van der Waals surface area contributed by atoms with Crippen LogP contribution in [0.3, 0.4) is 0 Å². The maximum Gasteiger partial charge on any atom is 0.310 e. The summed E-state index contributed by atoms with van der Waals surface area (Å²) in [5.41, 5.74) is -1.71. The summed E-state index contributed by atoms with van der Waals surface area (Å²) in [5, 5.41) is 16.3. The van der Waals surface area contributed by atoms with E-state index in [0.717, 1.165) is 6.07 Å². The Morgan fingerprint density at radius 3 is 1.97 bits per heavy atom. The van der Waals surface area contributed by atoms with Crippen molar-refractivity contribution in [2.24, 2.45) is 0 Å². The molecule has 0 radical (unpaired) electrons. The third-order valence-corrected chi connectivity index (χ3v) is 8.48. The number of ether oxygens (including phenoxy) is 2. The minimum atomic E-state index is -9.81. The van der Waals surface area contributed by atoms with E-state index in [9.17, 15) is 38.5 Å². The second kappa shape index (κ2) is 9.37. The van der Waals surface area contributed by atoms with Gasteiger partial charge in [-0.25, -0.2) is 4.39 Å². The van der Waals surface area contributed by atoms with Gasteiger partial charge in [-0.15, -0.1) is 0 Å². The van der Waals surface area contributed by atoms with Gasteiger partial charge in [0.1, 0.15) is 22.2 Å². The second-order valence-electron chi connectivity index (χ2n) is 9.85. The molecule has 3 aliphatic carbocycles. The van der Waals surface area contributed by atoms with Crippen molar-refractivity contribution in [1.29, 1.82) is 0 Å². The van der Waals surface area contributed by atoms with Crippen LogP contribution in [0.1, 0.15) is 32.1 Å². The zero-order valence-electron chi connectivity index (χ0n) is 20.2. The van der Waals surface area contributed by atoms with E-state index in [1.165, 1.54) is 12.1 Å². The smallest absolute Gasteiger partial charge is 0.310 e. The summed E-state index contributed by atoms with van der Waals surface area (Å²) in [6.45, 7) is -1.00. The van der Waals surface area contributed by atoms with Gasteiger partial charge in [0.25, 0.3) is 11.8 Å². The Labute approximate surface area is 224 Å². The molecule has 3 fully saturated rings. The predicted octanol–water partition coefficient (Wildman–Crippen LogP) is 5.64. The molecular weight excluding hydrogens is 578 g/mol. The number of carbonyl (C=O) groups is 2. The Hall–Kier alpha value is -2.84. The van der Waals surface area contributed by atoms with Crippen LogP contribution in [0.5, 0.6) is 11.5 Å². The molecule has 2 bridgehead atoms. The zero-order chi connectivity index (χ0) is 28.8. The number of carbonyl (C=O) groups excluding carboxylic acids is 2. The molecule has 2 amide bonds. The third-order valence-electron chi connectivity index (χ3n) is 7.01. The van der Waals surface area contributed by atoms with Crippen LogP contribution in [-0.4, -0.2) is 47.3 Å². The summed E-state index contributed by atoms with van der Waals surface area (Å²) < 4.78 is 88.1. The molecule has 2 aromatic rings. The molecule has 5 rings (SSSR count). The fraction of sp³-hybridized carbons (Fsp3) is 0.417. The molecular formula is C24H25ClF6N2O5S. The maximum atomic E-state index is 13.5. The van der Waals surface area contributed by atoms with E-state index in [0.29, 0.717) is 37.8 Å². The Kier molecular flexibility index (Phi) is 7.01. The van der Waals surface area contributed by atoms with Gasteiger partial charge in [-0.1, -0.05) is 31.0 Å². The van der Waals surface area contributed by atoms with Crippen molar-refractivity contribution in [1.82, 2.24) is 10.6 Å². The van der Waals surface area contributed by atoms with Gasteiger partial charge < -0.3 is 25.2 Å². The van der Waals surface area contributed by atoms with Crippen molar-refractivity contribution in [2.45, 2.75) is 54.2 Å². The summed E-state index contributed by atoms with van der Waals surface area (Å²) in [6.07, 6.45) is 0.632. The van der Waals surface area contributed by atoms with Gasteiger partial charge in [-0.05, 0) is 68.5 Å². The van der Waals surface area contributed by atoms with Crippen LogP contribution >= 0.6 is 21.8 Å². The van der Waals surface area contributed by atoms with E-state index < -0.39 is 63.1 Å². The van der Waals surface area contributed by atoms with Gasteiger partial charge in [-0.3, -0.25) is 9.59 Å². The average Bonchev–Trinajstić information content (AvgIpc) is 2.83. The number of rotatable bonds is 9. The van der Waals surface area contributed by atoms with Crippen LogP contribution in [0.2, 0.25) is 5.02 Å². The minimum absolute atomic E-state index is 0.0896. The van der Waals surface area contributed by atoms with Crippen LogP contribution < -0.4 is 20.1 Å². The van der Waals surface area contributed by atoms with Gasteiger partial charge in [-0.2, -0.15) is 0 Å². The lowest BCUT2D eigenvalue weighted by molar-refractivity contribution is -0.137. The molecule has 7 nitrogen and oxygen atoms in total. The Balaban J connectivity index is 1.27. The number of fused-ring (bicyclic) bond motifs is 3. The molecule has 216 valence electrons. The first-order valence-electron chi connectivity index (χ1n) is 11.7. The molecule has 0 aromatic heterocycles. The van der Waals surface area contributed by atoms with E-state index in [2.05, 4.69) is 10.6 Å². The van der Waals surface area contributed by atoms with Gasteiger partial charge >= 0.3 is 10.2 Å². The highest BCUT2D eigenvalue weighted by molar-refractivity contribution is 8.45. The fourth-order valence-electron chi connectivity index (χ4n) is 4.96. The summed E-state index contributed by atoms with van der Waals surface area (Å²) in [4.78, 5) is 22.9. The van der Waals surface area contributed by atoms with E-state index in [1.54, 1.807) is 0 Å². The first-order valence-corrected chi connectivity index (χ1v) is 14.1. The van der Waals surface area contributed by atoms with E-state index >= 15 is 0 Å². The largest absolute Gasteiger partial charge is 0.484 e. The number of hydrogen-bond acceptors (Lipinski definition) is 5. The molecule has 3 aliphatic rings. The fourth-order valence-corrected chi connectivity index (χ4v) is 5.73. The average molecular weight is 603 g/mol. The molecule has 0 unspecified atom stereocenters.